The second kappa shape index (κ2) is 2.34. The maximum atomic E-state index is 10.9. The minimum Gasteiger partial charge on any atom is -0.274 e. The molecule has 10 heavy (non-hydrogen) atoms. The average molecular weight is 163 g/mol. The van der Waals surface area contributed by atoms with Gasteiger partial charge in [-0.25, -0.2) is 0 Å². The molecule has 1 heterocycles. The smallest absolute Gasteiger partial charge is 0.274 e. The SMILES string of the molecule is NP(N)(=O)N1CCCC1=O. The van der Waals surface area contributed by atoms with E-state index in [0.717, 1.165) is 4.67 Å². The minimum atomic E-state index is -3.29. The molecule has 0 aliphatic carbocycles. The zero-order valence-electron chi connectivity index (χ0n) is 5.49. The molecule has 1 aliphatic heterocycles. The van der Waals surface area contributed by atoms with Crippen LogP contribution < -0.4 is 11.0 Å². The van der Waals surface area contributed by atoms with Gasteiger partial charge >= 0.3 is 7.59 Å². The molecule has 1 aliphatic rings. The molecule has 1 saturated heterocycles. The summed E-state index contributed by atoms with van der Waals surface area (Å²) in [6.07, 6.45) is 1.12. The number of rotatable bonds is 1. The van der Waals surface area contributed by atoms with E-state index in [4.69, 9.17) is 11.0 Å². The van der Waals surface area contributed by atoms with E-state index in [9.17, 15) is 9.36 Å². The standard InChI is InChI=1S/C4H10N3O2P/c5-10(6,9)7-3-1-2-4(7)8/h1-3H2,(H4,5,6,9). The zero-order chi connectivity index (χ0) is 7.78. The summed E-state index contributed by atoms with van der Waals surface area (Å²) in [4.78, 5) is 10.8. The van der Waals surface area contributed by atoms with E-state index in [-0.39, 0.29) is 5.91 Å². The Labute approximate surface area is 58.9 Å². The molecule has 0 aromatic rings. The molecule has 5 nitrogen and oxygen atoms in total. The molecular weight excluding hydrogens is 153 g/mol. The molecule has 0 radical (unpaired) electrons. The summed E-state index contributed by atoms with van der Waals surface area (Å²) < 4.78 is 12.0. The maximum absolute atomic E-state index is 10.9. The Bertz CT molecular complexity index is 199. The molecule has 0 bridgehead atoms. The first kappa shape index (κ1) is 7.72. The number of carbonyl (C=O) groups excluding carboxylic acids is 1. The quantitative estimate of drug-likeness (QED) is 0.516. The fourth-order valence-electron chi connectivity index (χ4n) is 0.964. The van der Waals surface area contributed by atoms with Crippen LogP contribution in [-0.2, 0) is 9.36 Å². The molecule has 1 rings (SSSR count). The second-order valence-corrected chi connectivity index (χ2v) is 4.12. The number of nitrogens with zero attached hydrogens (tertiary/aromatic N) is 1. The van der Waals surface area contributed by atoms with Gasteiger partial charge in [-0.3, -0.25) is 25.0 Å². The summed E-state index contributed by atoms with van der Waals surface area (Å²) in [5.41, 5.74) is 10.1. The van der Waals surface area contributed by atoms with Gasteiger partial charge in [0.1, 0.15) is 0 Å². The summed E-state index contributed by atoms with van der Waals surface area (Å²) in [6, 6.07) is 0. The summed E-state index contributed by atoms with van der Waals surface area (Å²) in [7, 11) is -3.29. The lowest BCUT2D eigenvalue weighted by atomic mass is 10.4. The van der Waals surface area contributed by atoms with Gasteiger partial charge in [-0.05, 0) is 6.42 Å². The van der Waals surface area contributed by atoms with Crippen LogP contribution in [0, 0.1) is 0 Å². The largest absolute Gasteiger partial charge is 0.302 e. The van der Waals surface area contributed by atoms with Gasteiger partial charge in [0.2, 0.25) is 5.91 Å². The third kappa shape index (κ3) is 1.37. The third-order valence-electron chi connectivity index (χ3n) is 1.43. The zero-order valence-corrected chi connectivity index (χ0v) is 6.38. The van der Waals surface area contributed by atoms with Gasteiger partial charge in [0.15, 0.2) is 0 Å². The number of amides is 1. The molecule has 0 unspecified atom stereocenters. The lowest BCUT2D eigenvalue weighted by Gasteiger charge is -2.18. The Morgan fingerprint density at radius 3 is 2.30 bits per heavy atom. The van der Waals surface area contributed by atoms with Crippen LogP contribution in [-0.4, -0.2) is 17.1 Å². The van der Waals surface area contributed by atoms with Gasteiger partial charge in [-0.15, -0.1) is 0 Å². The molecule has 58 valence electrons. The van der Waals surface area contributed by atoms with E-state index in [1.165, 1.54) is 0 Å². The van der Waals surface area contributed by atoms with Gasteiger partial charge < -0.3 is 0 Å². The van der Waals surface area contributed by atoms with Crippen molar-refractivity contribution in [3.05, 3.63) is 0 Å². The summed E-state index contributed by atoms with van der Waals surface area (Å²) in [5.74, 6) is -0.201. The van der Waals surface area contributed by atoms with Crippen LogP contribution in [0.1, 0.15) is 12.8 Å². The van der Waals surface area contributed by atoms with Crippen LogP contribution in [0.25, 0.3) is 0 Å². The molecule has 0 aromatic carbocycles. The minimum absolute atomic E-state index is 0.201. The molecule has 6 heteroatoms. The summed E-state index contributed by atoms with van der Waals surface area (Å²) in [6.45, 7) is 0.434. The normalized spacial score (nSPS) is 20.2. The van der Waals surface area contributed by atoms with Crippen molar-refractivity contribution in [3.8, 4) is 0 Å². The van der Waals surface area contributed by atoms with Crippen LogP contribution in [0.4, 0.5) is 0 Å². The first-order chi connectivity index (χ1) is 4.52. The van der Waals surface area contributed by atoms with E-state index in [1.807, 2.05) is 0 Å². The van der Waals surface area contributed by atoms with Crippen LogP contribution in [0.15, 0.2) is 0 Å². The topological polar surface area (TPSA) is 89.4 Å². The van der Waals surface area contributed by atoms with Crippen LogP contribution >= 0.6 is 7.59 Å². The molecular formula is C4H10N3O2P. The van der Waals surface area contributed by atoms with Gasteiger partial charge in [-0.1, -0.05) is 0 Å². The van der Waals surface area contributed by atoms with Gasteiger partial charge in [0.05, 0.1) is 0 Å². The van der Waals surface area contributed by atoms with Crippen molar-refractivity contribution < 1.29 is 9.36 Å². The number of nitrogens with two attached hydrogens (primary N) is 2. The Balaban J connectivity index is 2.74. The van der Waals surface area contributed by atoms with E-state index in [2.05, 4.69) is 0 Å². The lowest BCUT2D eigenvalue weighted by Crippen LogP contribution is -2.29. The Hall–Kier alpha value is -0.380. The average Bonchev–Trinajstić information content (AvgIpc) is 2.11. The number of carbonyl (C=O) groups is 1. The Kier molecular flexibility index (Phi) is 1.81. The number of hydrogen-bond donors (Lipinski definition) is 2. The van der Waals surface area contributed by atoms with Crippen molar-refractivity contribution in [1.82, 2.24) is 4.67 Å². The highest BCUT2D eigenvalue weighted by atomic mass is 31.2. The fraction of sp³-hybridized carbons (Fsp3) is 0.750. The van der Waals surface area contributed by atoms with E-state index >= 15 is 0 Å². The fourth-order valence-corrected chi connectivity index (χ4v) is 1.87. The van der Waals surface area contributed by atoms with Gasteiger partial charge in [0, 0.05) is 13.0 Å². The first-order valence-electron chi connectivity index (χ1n) is 3.00. The molecule has 0 aromatic heterocycles. The van der Waals surface area contributed by atoms with Crippen molar-refractivity contribution >= 4 is 13.5 Å². The molecule has 1 fully saturated rings. The molecule has 0 saturated carbocycles. The van der Waals surface area contributed by atoms with Crippen molar-refractivity contribution in [1.29, 1.82) is 0 Å². The van der Waals surface area contributed by atoms with E-state index < -0.39 is 7.59 Å². The summed E-state index contributed by atoms with van der Waals surface area (Å²) in [5, 5.41) is 0. The molecule has 0 atom stereocenters. The lowest BCUT2D eigenvalue weighted by molar-refractivity contribution is -0.123. The third-order valence-corrected chi connectivity index (χ3v) is 2.60. The van der Waals surface area contributed by atoms with Crippen molar-refractivity contribution in [3.63, 3.8) is 0 Å². The van der Waals surface area contributed by atoms with E-state index in [1.54, 1.807) is 0 Å². The van der Waals surface area contributed by atoms with E-state index in [0.29, 0.717) is 19.4 Å². The highest BCUT2D eigenvalue weighted by Gasteiger charge is 2.30. The van der Waals surface area contributed by atoms with Gasteiger partial charge in [0.25, 0.3) is 0 Å². The molecule has 4 N–H and O–H groups in total. The Morgan fingerprint density at radius 1 is 1.50 bits per heavy atom. The predicted octanol–water partition coefficient (Wildman–Crippen LogP) is -0.366. The number of hydrogen-bond acceptors (Lipinski definition) is 2. The van der Waals surface area contributed by atoms with Crippen LogP contribution in [0.2, 0.25) is 0 Å². The van der Waals surface area contributed by atoms with Crippen molar-refractivity contribution in [2.45, 2.75) is 12.8 Å². The van der Waals surface area contributed by atoms with Crippen LogP contribution in [0.5, 0.6) is 0 Å². The molecule has 1 amide bonds. The van der Waals surface area contributed by atoms with Gasteiger partial charge in [-0.2, -0.15) is 0 Å². The predicted molar refractivity (Wildman–Crippen MR) is 36.9 cm³/mol. The van der Waals surface area contributed by atoms with Crippen molar-refractivity contribution in [2.75, 3.05) is 6.54 Å². The second-order valence-electron chi connectivity index (χ2n) is 2.29. The molecule has 0 spiro atoms. The highest BCUT2D eigenvalue weighted by molar-refractivity contribution is 7.57. The monoisotopic (exact) mass is 163 g/mol. The Morgan fingerprint density at radius 2 is 2.10 bits per heavy atom. The highest BCUT2D eigenvalue weighted by Crippen LogP contribution is 2.35. The maximum Gasteiger partial charge on any atom is 0.302 e. The van der Waals surface area contributed by atoms with Crippen molar-refractivity contribution in [2.24, 2.45) is 11.0 Å². The van der Waals surface area contributed by atoms with Crippen LogP contribution in [0.3, 0.4) is 0 Å². The first-order valence-corrected chi connectivity index (χ1v) is 4.79. The summed E-state index contributed by atoms with van der Waals surface area (Å²) >= 11 is 0.